The van der Waals surface area contributed by atoms with Crippen molar-refractivity contribution < 1.29 is 19.1 Å². The molecule has 0 aromatic heterocycles. The van der Waals surface area contributed by atoms with Crippen LogP contribution in [0.4, 0.5) is 11.4 Å². The molecule has 5 aromatic carbocycles. The molecule has 0 fully saturated rings. The molecule has 1 unspecified atom stereocenters. The largest absolute Gasteiger partial charge is 0.496 e. The summed E-state index contributed by atoms with van der Waals surface area (Å²) in [5.74, 6) is 1.18. The maximum atomic E-state index is 14.0. The summed E-state index contributed by atoms with van der Waals surface area (Å²) in [5, 5.41) is 6.37. The Morgan fingerprint density at radius 1 is 0.841 bits per heavy atom. The molecular formula is C37H33N3O4. The number of carbonyl (C=O) groups excluding carboxylic acids is 2. The fourth-order valence-electron chi connectivity index (χ4n) is 5.48. The van der Waals surface area contributed by atoms with Crippen LogP contribution in [0, 0.1) is 0 Å². The molecule has 0 saturated heterocycles. The number of carbonyl (C=O) groups is 2. The Balaban J connectivity index is 1.30. The third-order valence-electron chi connectivity index (χ3n) is 7.60. The second-order valence-electron chi connectivity index (χ2n) is 10.7. The van der Waals surface area contributed by atoms with Crippen LogP contribution in [0.15, 0.2) is 121 Å². The summed E-state index contributed by atoms with van der Waals surface area (Å²) in [6.45, 7) is 2.15. The van der Waals surface area contributed by atoms with Gasteiger partial charge in [-0.05, 0) is 76.9 Å². The number of hydrogen-bond acceptors (Lipinski definition) is 5. The fourth-order valence-corrected chi connectivity index (χ4v) is 5.48. The van der Waals surface area contributed by atoms with Gasteiger partial charge < -0.3 is 25.0 Å². The van der Waals surface area contributed by atoms with Crippen molar-refractivity contribution in [3.8, 4) is 22.6 Å². The summed E-state index contributed by atoms with van der Waals surface area (Å²) in [6, 6.07) is 39.3. The van der Waals surface area contributed by atoms with Gasteiger partial charge in [-0.1, -0.05) is 66.7 Å². The van der Waals surface area contributed by atoms with E-state index in [1.165, 1.54) is 6.92 Å². The molecule has 7 heteroatoms. The monoisotopic (exact) mass is 583 g/mol. The number of nitrogens with one attached hydrogen (secondary N) is 2. The molecule has 6 rings (SSSR count). The number of nitrogens with zero attached hydrogens (tertiary/aromatic N) is 1. The average Bonchev–Trinajstić information content (AvgIpc) is 3.06. The molecule has 2 N–H and O–H groups in total. The Morgan fingerprint density at radius 3 is 2.36 bits per heavy atom. The van der Waals surface area contributed by atoms with Gasteiger partial charge in [-0.15, -0.1) is 0 Å². The molecule has 5 aromatic rings. The Kier molecular flexibility index (Phi) is 8.28. The van der Waals surface area contributed by atoms with Crippen molar-refractivity contribution in [3.05, 3.63) is 144 Å². The van der Waals surface area contributed by atoms with Crippen molar-refractivity contribution in [1.82, 2.24) is 4.90 Å². The maximum absolute atomic E-state index is 14.0. The van der Waals surface area contributed by atoms with Crippen molar-refractivity contribution in [1.29, 1.82) is 0 Å². The van der Waals surface area contributed by atoms with Crippen LogP contribution < -0.4 is 20.1 Å². The minimum Gasteiger partial charge on any atom is -0.496 e. The van der Waals surface area contributed by atoms with Crippen LogP contribution in [-0.4, -0.2) is 23.8 Å². The number of para-hydroxylation sites is 1. The number of rotatable bonds is 9. The highest BCUT2D eigenvalue weighted by atomic mass is 16.5. The van der Waals surface area contributed by atoms with Gasteiger partial charge in [0.1, 0.15) is 24.3 Å². The highest BCUT2D eigenvalue weighted by molar-refractivity contribution is 6.01. The van der Waals surface area contributed by atoms with Gasteiger partial charge in [0.25, 0.3) is 5.91 Å². The molecule has 44 heavy (non-hydrogen) atoms. The number of ether oxygens (including phenoxy) is 2. The second-order valence-corrected chi connectivity index (χ2v) is 10.7. The smallest absolute Gasteiger partial charge is 0.258 e. The fraction of sp³-hybridized carbons (Fsp3) is 0.135. The van der Waals surface area contributed by atoms with E-state index in [-0.39, 0.29) is 18.4 Å². The number of hydrogen-bond donors (Lipinski definition) is 2. The van der Waals surface area contributed by atoms with Gasteiger partial charge in [-0.3, -0.25) is 9.59 Å². The van der Waals surface area contributed by atoms with Crippen LogP contribution in [-0.2, 0) is 17.9 Å². The Bertz CT molecular complexity index is 1790. The zero-order chi connectivity index (χ0) is 30.5. The molecule has 1 aliphatic rings. The van der Waals surface area contributed by atoms with Gasteiger partial charge in [-0.25, -0.2) is 0 Å². The van der Waals surface area contributed by atoms with Crippen LogP contribution in [0.2, 0.25) is 0 Å². The van der Waals surface area contributed by atoms with Crippen molar-refractivity contribution in [3.63, 3.8) is 0 Å². The molecule has 1 atom stereocenters. The second kappa shape index (κ2) is 12.8. The summed E-state index contributed by atoms with van der Waals surface area (Å²) in [5.41, 5.74) is 7.16. The van der Waals surface area contributed by atoms with E-state index < -0.39 is 6.17 Å². The van der Waals surface area contributed by atoms with Crippen LogP contribution in [0.1, 0.15) is 40.1 Å². The van der Waals surface area contributed by atoms with Crippen molar-refractivity contribution >= 4 is 23.2 Å². The van der Waals surface area contributed by atoms with Crippen LogP contribution in [0.25, 0.3) is 11.1 Å². The lowest BCUT2D eigenvalue weighted by Gasteiger charge is -2.38. The van der Waals surface area contributed by atoms with Gasteiger partial charge in [0.15, 0.2) is 0 Å². The van der Waals surface area contributed by atoms with Crippen LogP contribution in [0.3, 0.4) is 0 Å². The average molecular weight is 584 g/mol. The number of methoxy groups -OCH3 is 1. The Morgan fingerprint density at radius 2 is 1.59 bits per heavy atom. The van der Waals surface area contributed by atoms with Crippen molar-refractivity contribution in [2.75, 3.05) is 17.7 Å². The van der Waals surface area contributed by atoms with Crippen molar-refractivity contribution in [2.45, 2.75) is 26.2 Å². The zero-order valence-electron chi connectivity index (χ0n) is 24.6. The molecule has 1 heterocycles. The first-order valence-electron chi connectivity index (χ1n) is 14.5. The third-order valence-corrected chi connectivity index (χ3v) is 7.60. The first-order chi connectivity index (χ1) is 21.5. The van der Waals surface area contributed by atoms with E-state index in [1.807, 2.05) is 83.8 Å². The molecule has 220 valence electrons. The molecule has 0 radical (unpaired) electrons. The predicted octanol–water partition coefficient (Wildman–Crippen LogP) is 7.67. The lowest BCUT2D eigenvalue weighted by Crippen LogP contribution is -2.42. The van der Waals surface area contributed by atoms with Gasteiger partial charge in [0.2, 0.25) is 5.91 Å². The Hall–Kier alpha value is -5.56. The van der Waals surface area contributed by atoms with Crippen LogP contribution in [0.5, 0.6) is 11.5 Å². The Labute approximate surface area is 257 Å². The SMILES string of the molecule is COc1ccc(C2Nc3ccccc3C(=O)N2Cc2cccc(-c3ccccc3)c2)cc1COc1ccc(NC(C)=O)cc1. The molecule has 0 spiro atoms. The first-order valence-corrected chi connectivity index (χ1v) is 14.5. The molecule has 1 aliphatic heterocycles. The van der Waals surface area contributed by atoms with E-state index in [9.17, 15) is 9.59 Å². The van der Waals surface area contributed by atoms with E-state index in [2.05, 4.69) is 41.0 Å². The minimum atomic E-state index is -0.417. The number of anilines is 2. The van der Waals surface area contributed by atoms with E-state index in [4.69, 9.17) is 9.47 Å². The summed E-state index contributed by atoms with van der Waals surface area (Å²) in [6.07, 6.45) is -0.417. The molecule has 0 saturated carbocycles. The standard InChI is InChI=1S/C37H33N3O4/c1-25(41)38-31-16-18-32(19-17-31)44-24-30-22-29(15-20-35(30)43-2)36-39-34-14-7-6-13-33(34)37(42)40(36)23-26-9-8-12-28(21-26)27-10-4-3-5-11-27/h3-22,36,39H,23-24H2,1-2H3,(H,38,41). The van der Waals surface area contributed by atoms with E-state index in [0.29, 0.717) is 29.3 Å². The molecule has 0 aliphatic carbocycles. The third kappa shape index (κ3) is 6.27. The molecule has 0 bridgehead atoms. The van der Waals surface area contributed by atoms with E-state index >= 15 is 0 Å². The van der Waals surface area contributed by atoms with Gasteiger partial charge in [0.05, 0.1) is 12.7 Å². The summed E-state index contributed by atoms with van der Waals surface area (Å²) in [4.78, 5) is 27.2. The van der Waals surface area contributed by atoms with E-state index in [0.717, 1.165) is 33.5 Å². The lowest BCUT2D eigenvalue weighted by molar-refractivity contribution is -0.114. The first kappa shape index (κ1) is 28.6. The van der Waals surface area contributed by atoms with Gasteiger partial charge >= 0.3 is 0 Å². The summed E-state index contributed by atoms with van der Waals surface area (Å²) < 4.78 is 11.8. The van der Waals surface area contributed by atoms with Gasteiger partial charge in [-0.2, -0.15) is 0 Å². The normalized spacial score (nSPS) is 13.9. The van der Waals surface area contributed by atoms with Crippen molar-refractivity contribution in [2.24, 2.45) is 0 Å². The quantitative estimate of drug-likeness (QED) is 0.186. The lowest BCUT2D eigenvalue weighted by atomic mass is 9.99. The zero-order valence-corrected chi connectivity index (χ0v) is 24.6. The molecular weight excluding hydrogens is 550 g/mol. The van der Waals surface area contributed by atoms with E-state index in [1.54, 1.807) is 19.2 Å². The minimum absolute atomic E-state index is 0.0395. The predicted molar refractivity (Wildman–Crippen MR) is 173 cm³/mol. The number of fused-ring (bicyclic) bond motifs is 1. The van der Waals surface area contributed by atoms with Gasteiger partial charge in [0, 0.05) is 30.4 Å². The number of benzene rings is 5. The number of amides is 2. The molecule has 7 nitrogen and oxygen atoms in total. The highest BCUT2D eigenvalue weighted by Gasteiger charge is 2.33. The summed E-state index contributed by atoms with van der Waals surface area (Å²) >= 11 is 0. The van der Waals surface area contributed by atoms with Crippen LogP contribution >= 0.6 is 0 Å². The maximum Gasteiger partial charge on any atom is 0.258 e. The summed E-state index contributed by atoms with van der Waals surface area (Å²) in [7, 11) is 1.63. The highest BCUT2D eigenvalue weighted by Crippen LogP contribution is 2.36. The topological polar surface area (TPSA) is 79.9 Å². The molecule has 2 amide bonds.